The summed E-state index contributed by atoms with van der Waals surface area (Å²) < 4.78 is 7.16. The molecular formula is C13H13N5O3. The van der Waals surface area contributed by atoms with Gasteiger partial charge < -0.3 is 9.84 Å². The average molecular weight is 287 g/mol. The molecule has 0 unspecified atom stereocenters. The highest BCUT2D eigenvalue weighted by Gasteiger charge is 2.16. The number of fused-ring (bicyclic) bond motifs is 1. The molecule has 0 fully saturated rings. The third-order valence-corrected chi connectivity index (χ3v) is 3.35. The fourth-order valence-corrected chi connectivity index (χ4v) is 2.19. The molecule has 0 aliphatic heterocycles. The summed E-state index contributed by atoms with van der Waals surface area (Å²) in [5, 5.41) is 7.14. The van der Waals surface area contributed by atoms with Gasteiger partial charge in [-0.25, -0.2) is 9.78 Å². The fraction of sp³-hybridized carbons (Fsp3) is 0.231. The normalized spacial score (nSPS) is 11.0. The van der Waals surface area contributed by atoms with Crippen molar-refractivity contribution in [2.24, 2.45) is 14.1 Å². The predicted octanol–water partition coefficient (Wildman–Crippen LogP) is 0.672. The van der Waals surface area contributed by atoms with Crippen molar-refractivity contribution >= 4 is 22.5 Å². The van der Waals surface area contributed by atoms with Gasteiger partial charge in [-0.3, -0.25) is 13.9 Å². The highest BCUT2D eigenvalue weighted by molar-refractivity contribution is 5.91. The molecule has 0 aliphatic carbocycles. The highest BCUT2D eigenvalue weighted by atomic mass is 16.5. The van der Waals surface area contributed by atoms with Crippen LogP contribution in [0.2, 0.25) is 0 Å². The number of nitrogens with zero attached hydrogens (tertiary/aromatic N) is 4. The Kier molecular flexibility index (Phi) is 2.86. The zero-order valence-electron chi connectivity index (χ0n) is 11.7. The molecule has 0 spiro atoms. The SMILES string of the molecule is Cc1cnc2c(c1Nc1ccon1)c(=O)n(C)c(=O)n2C. The van der Waals surface area contributed by atoms with Gasteiger partial charge in [0.25, 0.3) is 5.56 Å². The van der Waals surface area contributed by atoms with E-state index in [9.17, 15) is 9.59 Å². The quantitative estimate of drug-likeness (QED) is 0.744. The van der Waals surface area contributed by atoms with Crippen LogP contribution in [0.4, 0.5) is 11.5 Å². The van der Waals surface area contributed by atoms with Crippen molar-refractivity contribution in [3.63, 3.8) is 0 Å². The van der Waals surface area contributed by atoms with Gasteiger partial charge in [0, 0.05) is 26.4 Å². The Bertz CT molecular complexity index is 937. The molecule has 0 bridgehead atoms. The number of hydrogen-bond donors (Lipinski definition) is 1. The fourth-order valence-electron chi connectivity index (χ4n) is 2.19. The molecule has 0 radical (unpaired) electrons. The van der Waals surface area contributed by atoms with Gasteiger partial charge >= 0.3 is 5.69 Å². The molecular weight excluding hydrogens is 274 g/mol. The first-order valence-corrected chi connectivity index (χ1v) is 6.23. The molecule has 1 N–H and O–H groups in total. The lowest BCUT2D eigenvalue weighted by molar-refractivity contribution is 0.423. The minimum absolute atomic E-state index is 0.319. The van der Waals surface area contributed by atoms with Crippen molar-refractivity contribution in [1.82, 2.24) is 19.3 Å². The second-order valence-electron chi connectivity index (χ2n) is 4.73. The Labute approximate surface area is 118 Å². The highest BCUT2D eigenvalue weighted by Crippen LogP contribution is 2.24. The summed E-state index contributed by atoms with van der Waals surface area (Å²) in [6, 6.07) is 1.64. The molecule has 3 aromatic heterocycles. The average Bonchev–Trinajstić information content (AvgIpc) is 2.98. The first kappa shape index (κ1) is 13.1. The second kappa shape index (κ2) is 4.58. The van der Waals surface area contributed by atoms with Crippen molar-refractivity contribution in [3.05, 3.63) is 44.9 Å². The molecule has 21 heavy (non-hydrogen) atoms. The second-order valence-corrected chi connectivity index (χ2v) is 4.73. The van der Waals surface area contributed by atoms with E-state index in [-0.39, 0.29) is 0 Å². The number of nitrogens with one attached hydrogen (secondary N) is 1. The number of pyridine rings is 1. The van der Waals surface area contributed by atoms with Crippen molar-refractivity contribution in [2.45, 2.75) is 6.92 Å². The summed E-state index contributed by atoms with van der Waals surface area (Å²) >= 11 is 0. The summed E-state index contributed by atoms with van der Waals surface area (Å²) in [6.45, 7) is 1.82. The van der Waals surface area contributed by atoms with Gasteiger partial charge in [0.1, 0.15) is 11.6 Å². The number of aryl methyl sites for hydroxylation is 2. The van der Waals surface area contributed by atoms with E-state index in [0.717, 1.165) is 10.1 Å². The first-order chi connectivity index (χ1) is 10.0. The van der Waals surface area contributed by atoms with Gasteiger partial charge in [-0.15, -0.1) is 0 Å². The van der Waals surface area contributed by atoms with Gasteiger partial charge in [-0.05, 0) is 12.5 Å². The van der Waals surface area contributed by atoms with E-state index in [1.807, 2.05) is 6.92 Å². The van der Waals surface area contributed by atoms with Crippen LogP contribution in [-0.4, -0.2) is 19.3 Å². The molecule has 0 aliphatic rings. The zero-order chi connectivity index (χ0) is 15.1. The lowest BCUT2D eigenvalue weighted by Gasteiger charge is -2.12. The van der Waals surface area contributed by atoms with Crippen LogP contribution < -0.4 is 16.6 Å². The number of aromatic nitrogens is 4. The largest absolute Gasteiger partial charge is 0.363 e. The molecule has 108 valence electrons. The van der Waals surface area contributed by atoms with Gasteiger partial charge in [0.2, 0.25) is 0 Å². The van der Waals surface area contributed by atoms with Crippen LogP contribution in [0.3, 0.4) is 0 Å². The minimum atomic E-state index is -0.420. The van der Waals surface area contributed by atoms with Crippen molar-refractivity contribution in [3.8, 4) is 0 Å². The van der Waals surface area contributed by atoms with E-state index in [2.05, 4.69) is 15.5 Å². The maximum atomic E-state index is 12.4. The van der Waals surface area contributed by atoms with Gasteiger partial charge in [0.05, 0.1) is 5.69 Å². The van der Waals surface area contributed by atoms with Crippen LogP contribution in [0.25, 0.3) is 11.0 Å². The summed E-state index contributed by atoms with van der Waals surface area (Å²) in [4.78, 5) is 28.6. The summed E-state index contributed by atoms with van der Waals surface area (Å²) in [5.41, 5.74) is 0.817. The molecule has 3 rings (SSSR count). The van der Waals surface area contributed by atoms with E-state index >= 15 is 0 Å². The van der Waals surface area contributed by atoms with E-state index in [1.165, 1.54) is 17.9 Å². The number of hydrogen-bond acceptors (Lipinski definition) is 6. The topological polar surface area (TPSA) is 95.0 Å². The van der Waals surface area contributed by atoms with Crippen LogP contribution in [0, 0.1) is 6.92 Å². The van der Waals surface area contributed by atoms with E-state index < -0.39 is 11.2 Å². The summed E-state index contributed by atoms with van der Waals surface area (Å²) in [5.74, 6) is 0.474. The molecule has 3 aromatic rings. The summed E-state index contributed by atoms with van der Waals surface area (Å²) in [7, 11) is 3.01. The van der Waals surface area contributed by atoms with E-state index in [0.29, 0.717) is 22.5 Å². The summed E-state index contributed by atoms with van der Waals surface area (Å²) in [6.07, 6.45) is 3.03. The molecule has 0 amide bonds. The monoisotopic (exact) mass is 287 g/mol. The molecule has 8 nitrogen and oxygen atoms in total. The first-order valence-electron chi connectivity index (χ1n) is 6.23. The Balaban J connectivity index is 2.41. The van der Waals surface area contributed by atoms with Gasteiger partial charge in [-0.2, -0.15) is 0 Å². The van der Waals surface area contributed by atoms with Crippen LogP contribution in [0.1, 0.15) is 5.56 Å². The van der Waals surface area contributed by atoms with Crippen molar-refractivity contribution < 1.29 is 4.52 Å². The van der Waals surface area contributed by atoms with E-state index in [4.69, 9.17) is 4.52 Å². The lowest BCUT2D eigenvalue weighted by Crippen LogP contribution is -2.37. The van der Waals surface area contributed by atoms with Crippen LogP contribution >= 0.6 is 0 Å². The third-order valence-electron chi connectivity index (χ3n) is 3.35. The van der Waals surface area contributed by atoms with Crippen LogP contribution in [-0.2, 0) is 14.1 Å². The van der Waals surface area contributed by atoms with Crippen molar-refractivity contribution in [1.29, 1.82) is 0 Å². The van der Waals surface area contributed by atoms with E-state index in [1.54, 1.807) is 19.3 Å². The number of anilines is 2. The lowest BCUT2D eigenvalue weighted by atomic mass is 10.2. The minimum Gasteiger partial charge on any atom is -0.363 e. The van der Waals surface area contributed by atoms with Gasteiger partial charge in [0.15, 0.2) is 11.5 Å². The molecule has 0 saturated carbocycles. The Morgan fingerprint density at radius 1 is 1.24 bits per heavy atom. The third kappa shape index (κ3) is 1.92. The van der Waals surface area contributed by atoms with Crippen LogP contribution in [0.15, 0.2) is 32.6 Å². The number of rotatable bonds is 2. The molecule has 0 aromatic carbocycles. The standard InChI is InChI=1S/C13H13N5O3/c1-7-6-14-11-9(10(7)15-8-4-5-21-16-8)12(19)18(3)13(20)17(11)2/h4-6H,1-3H3,(H,14,15,16). The molecule has 3 heterocycles. The molecule has 0 atom stereocenters. The van der Waals surface area contributed by atoms with Gasteiger partial charge in [-0.1, -0.05) is 5.16 Å². The molecule has 8 heteroatoms. The maximum absolute atomic E-state index is 12.4. The Hall–Kier alpha value is -2.90. The predicted molar refractivity (Wildman–Crippen MR) is 76.7 cm³/mol. The zero-order valence-corrected chi connectivity index (χ0v) is 11.7. The molecule has 0 saturated heterocycles. The Morgan fingerprint density at radius 3 is 2.67 bits per heavy atom. The smallest absolute Gasteiger partial charge is 0.332 e. The Morgan fingerprint density at radius 2 is 2.00 bits per heavy atom. The van der Waals surface area contributed by atoms with Crippen molar-refractivity contribution in [2.75, 3.05) is 5.32 Å². The van der Waals surface area contributed by atoms with Crippen LogP contribution in [0.5, 0.6) is 0 Å². The maximum Gasteiger partial charge on any atom is 0.332 e.